The molecule has 24 heavy (non-hydrogen) atoms. The molecule has 0 spiro atoms. The lowest BCUT2D eigenvalue weighted by atomic mass is 9.97. The van der Waals surface area contributed by atoms with Gasteiger partial charge >= 0.3 is 0 Å². The fourth-order valence-electron chi connectivity index (χ4n) is 2.99. The molecule has 1 aromatic rings. The van der Waals surface area contributed by atoms with Crippen molar-refractivity contribution in [1.29, 1.82) is 0 Å². The molecular formula is C17H22FNO3S2. The van der Waals surface area contributed by atoms with E-state index in [9.17, 15) is 12.8 Å². The summed E-state index contributed by atoms with van der Waals surface area (Å²) in [6.45, 7) is 0.639. The third-order valence-electron chi connectivity index (χ3n) is 4.37. The zero-order valence-corrected chi connectivity index (χ0v) is 15.3. The number of hydrogen-bond donors (Lipinski definition) is 0. The number of halogens is 1. The highest BCUT2D eigenvalue weighted by molar-refractivity contribution is 8.00. The Bertz CT molecular complexity index is 697. The van der Waals surface area contributed by atoms with E-state index in [0.717, 1.165) is 6.26 Å². The normalized spacial score (nSPS) is 27.8. The number of thioether (sulfide) groups is 1. The molecule has 132 valence electrons. The quantitative estimate of drug-likeness (QED) is 0.812. The average molecular weight is 371 g/mol. The summed E-state index contributed by atoms with van der Waals surface area (Å²) in [4.78, 5) is 4.68. The van der Waals surface area contributed by atoms with Crippen LogP contribution in [0.25, 0.3) is 0 Å². The summed E-state index contributed by atoms with van der Waals surface area (Å²) < 4.78 is 43.2. The van der Waals surface area contributed by atoms with Gasteiger partial charge in [0, 0.05) is 17.9 Å². The van der Waals surface area contributed by atoms with Gasteiger partial charge in [0.2, 0.25) is 0 Å². The SMILES string of the molecule is CS(=O)(=O)c1ccc(C2N=C(OCC3CCCS3)CCC2F)cc1. The summed E-state index contributed by atoms with van der Waals surface area (Å²) in [6.07, 6.45) is 3.40. The molecule has 1 aromatic carbocycles. The number of sulfone groups is 1. The molecule has 0 aliphatic carbocycles. The van der Waals surface area contributed by atoms with Crippen LogP contribution in [0.3, 0.4) is 0 Å². The predicted octanol–water partition coefficient (Wildman–Crippen LogP) is 3.57. The fourth-order valence-corrected chi connectivity index (χ4v) is 4.78. The molecule has 3 rings (SSSR count). The number of ether oxygens (including phenoxy) is 1. The Kier molecular flexibility index (Phi) is 5.49. The predicted molar refractivity (Wildman–Crippen MR) is 95.3 cm³/mol. The van der Waals surface area contributed by atoms with Crippen molar-refractivity contribution < 1.29 is 17.5 Å². The van der Waals surface area contributed by atoms with Crippen molar-refractivity contribution >= 4 is 27.5 Å². The molecule has 0 N–H and O–H groups in total. The van der Waals surface area contributed by atoms with Crippen LogP contribution in [0.4, 0.5) is 4.39 Å². The van der Waals surface area contributed by atoms with E-state index in [1.807, 2.05) is 11.8 Å². The van der Waals surface area contributed by atoms with Crippen LogP contribution in [0.15, 0.2) is 34.2 Å². The van der Waals surface area contributed by atoms with Crippen molar-refractivity contribution in [3.63, 3.8) is 0 Å². The van der Waals surface area contributed by atoms with Crippen LogP contribution in [0.1, 0.15) is 37.3 Å². The van der Waals surface area contributed by atoms with Crippen molar-refractivity contribution in [3.8, 4) is 0 Å². The molecule has 0 radical (unpaired) electrons. The molecule has 0 amide bonds. The molecule has 3 atom stereocenters. The second-order valence-corrected chi connectivity index (χ2v) is 9.73. The Balaban J connectivity index is 1.71. The maximum atomic E-state index is 14.3. The van der Waals surface area contributed by atoms with E-state index in [-0.39, 0.29) is 4.90 Å². The molecule has 2 aliphatic rings. The van der Waals surface area contributed by atoms with E-state index >= 15 is 0 Å². The Morgan fingerprint density at radius 1 is 1.29 bits per heavy atom. The van der Waals surface area contributed by atoms with Gasteiger partial charge in [-0.1, -0.05) is 12.1 Å². The minimum atomic E-state index is -3.25. The monoisotopic (exact) mass is 371 g/mol. The Morgan fingerprint density at radius 3 is 2.67 bits per heavy atom. The molecule has 2 heterocycles. The van der Waals surface area contributed by atoms with Gasteiger partial charge in [-0.3, -0.25) is 0 Å². The minimum Gasteiger partial charge on any atom is -0.480 e. The first-order valence-electron chi connectivity index (χ1n) is 8.18. The highest BCUT2D eigenvalue weighted by Crippen LogP contribution is 2.32. The summed E-state index contributed by atoms with van der Waals surface area (Å²) in [5.74, 6) is 1.80. The summed E-state index contributed by atoms with van der Waals surface area (Å²) >= 11 is 1.92. The average Bonchev–Trinajstić information content (AvgIpc) is 3.07. The Labute approximate surface area is 146 Å². The van der Waals surface area contributed by atoms with Crippen LogP contribution in [0.5, 0.6) is 0 Å². The number of hydrogen-bond acceptors (Lipinski definition) is 5. The molecule has 0 bridgehead atoms. The molecule has 0 aromatic heterocycles. The maximum absolute atomic E-state index is 14.3. The van der Waals surface area contributed by atoms with Crippen molar-refractivity contribution in [2.45, 2.75) is 48.0 Å². The van der Waals surface area contributed by atoms with Gasteiger partial charge in [0.25, 0.3) is 0 Å². The van der Waals surface area contributed by atoms with Gasteiger partial charge in [0.15, 0.2) is 15.7 Å². The van der Waals surface area contributed by atoms with Crippen molar-refractivity contribution in [2.75, 3.05) is 18.6 Å². The van der Waals surface area contributed by atoms with E-state index in [2.05, 4.69) is 4.99 Å². The number of nitrogens with zero attached hydrogens (tertiary/aromatic N) is 1. The second-order valence-electron chi connectivity index (χ2n) is 6.31. The maximum Gasteiger partial charge on any atom is 0.184 e. The van der Waals surface area contributed by atoms with E-state index < -0.39 is 22.1 Å². The van der Waals surface area contributed by atoms with E-state index in [1.165, 1.54) is 30.7 Å². The zero-order valence-electron chi connectivity index (χ0n) is 13.7. The van der Waals surface area contributed by atoms with Gasteiger partial charge in [0.1, 0.15) is 18.8 Å². The molecule has 7 heteroatoms. The number of aliphatic imine (C=N–C) groups is 1. The second kappa shape index (κ2) is 7.44. The first kappa shape index (κ1) is 17.7. The first-order chi connectivity index (χ1) is 11.4. The van der Waals surface area contributed by atoms with Crippen LogP contribution in [-0.4, -0.2) is 44.4 Å². The van der Waals surface area contributed by atoms with Gasteiger partial charge in [-0.05, 0) is 42.7 Å². The third kappa shape index (κ3) is 4.30. The smallest absolute Gasteiger partial charge is 0.184 e. The fraction of sp³-hybridized carbons (Fsp3) is 0.588. The topological polar surface area (TPSA) is 55.7 Å². The molecule has 4 nitrogen and oxygen atoms in total. The Hall–Kier alpha value is -1.08. The van der Waals surface area contributed by atoms with Crippen molar-refractivity contribution in [3.05, 3.63) is 29.8 Å². The molecule has 1 fully saturated rings. The van der Waals surface area contributed by atoms with Gasteiger partial charge in [-0.25, -0.2) is 17.8 Å². The van der Waals surface area contributed by atoms with Crippen molar-refractivity contribution in [1.82, 2.24) is 0 Å². The van der Waals surface area contributed by atoms with Gasteiger partial charge in [-0.15, -0.1) is 0 Å². The van der Waals surface area contributed by atoms with Gasteiger partial charge < -0.3 is 4.74 Å². The first-order valence-corrected chi connectivity index (χ1v) is 11.1. The van der Waals surface area contributed by atoms with Crippen LogP contribution in [-0.2, 0) is 14.6 Å². The highest BCUT2D eigenvalue weighted by atomic mass is 32.2. The van der Waals surface area contributed by atoms with Gasteiger partial charge in [-0.2, -0.15) is 11.8 Å². The van der Waals surface area contributed by atoms with Crippen LogP contribution < -0.4 is 0 Å². The Morgan fingerprint density at radius 2 is 2.04 bits per heavy atom. The van der Waals surface area contributed by atoms with Gasteiger partial charge in [0.05, 0.1) is 4.90 Å². The molecule has 3 unspecified atom stereocenters. The number of benzene rings is 1. The molecule has 2 aliphatic heterocycles. The molecular weight excluding hydrogens is 349 g/mol. The summed E-state index contributed by atoms with van der Waals surface area (Å²) in [5, 5.41) is 0.517. The highest BCUT2D eigenvalue weighted by Gasteiger charge is 2.29. The minimum absolute atomic E-state index is 0.233. The lowest BCUT2D eigenvalue weighted by Gasteiger charge is -2.25. The van der Waals surface area contributed by atoms with Crippen molar-refractivity contribution in [2.24, 2.45) is 4.99 Å². The summed E-state index contributed by atoms with van der Waals surface area (Å²) in [5.41, 5.74) is 0.686. The lowest BCUT2D eigenvalue weighted by molar-refractivity contribution is 0.227. The largest absolute Gasteiger partial charge is 0.480 e. The third-order valence-corrected chi connectivity index (χ3v) is 6.87. The number of rotatable bonds is 4. The summed E-state index contributed by atoms with van der Waals surface area (Å²) in [6, 6.07) is 5.70. The molecule has 0 saturated carbocycles. The number of alkyl halides is 1. The zero-order chi connectivity index (χ0) is 17.2. The van der Waals surface area contributed by atoms with E-state index in [1.54, 1.807) is 12.1 Å². The van der Waals surface area contributed by atoms with Crippen LogP contribution in [0, 0.1) is 0 Å². The van der Waals surface area contributed by atoms with E-state index in [0.29, 0.717) is 36.2 Å². The van der Waals surface area contributed by atoms with Crippen LogP contribution in [0.2, 0.25) is 0 Å². The van der Waals surface area contributed by atoms with Crippen LogP contribution >= 0.6 is 11.8 Å². The standard InChI is InChI=1S/C17H22FNO3S2/c1-24(20,21)14-6-4-12(5-7-14)17-15(18)8-9-16(19-17)22-11-13-3-2-10-23-13/h4-7,13,15,17H,2-3,8-11H2,1H3. The van der Waals surface area contributed by atoms with E-state index in [4.69, 9.17) is 4.74 Å². The lowest BCUT2D eigenvalue weighted by Crippen LogP contribution is -2.24. The molecule has 1 saturated heterocycles. The summed E-state index contributed by atoms with van der Waals surface area (Å²) in [7, 11) is -3.25.